The minimum Gasteiger partial charge on any atom is -0.480 e. The summed E-state index contributed by atoms with van der Waals surface area (Å²) in [5, 5.41) is 18.7. The average molecular weight is 384 g/mol. The third kappa shape index (κ3) is 3.83. The summed E-state index contributed by atoms with van der Waals surface area (Å²) >= 11 is 0. The van der Waals surface area contributed by atoms with E-state index < -0.39 is 17.7 Å². The van der Waals surface area contributed by atoms with E-state index in [-0.39, 0.29) is 36.0 Å². The van der Waals surface area contributed by atoms with Gasteiger partial charge in [-0.2, -0.15) is 0 Å². The molecular weight excluding hydrogens is 367 g/mol. The summed E-state index contributed by atoms with van der Waals surface area (Å²) in [5.74, 6) is -3.25. The van der Waals surface area contributed by atoms with Gasteiger partial charge in [-0.05, 0) is 42.3 Å². The number of nitrogens with two attached hydrogens (primary N) is 1. The van der Waals surface area contributed by atoms with Gasteiger partial charge >= 0.3 is 5.97 Å². The van der Waals surface area contributed by atoms with Gasteiger partial charge in [0, 0.05) is 23.4 Å². The van der Waals surface area contributed by atoms with Gasteiger partial charge in [0.15, 0.2) is 0 Å². The van der Waals surface area contributed by atoms with Crippen LogP contribution in [0.2, 0.25) is 0 Å². The number of halogens is 1. The molecular formula is C19H17FN4O4. The Kier molecular flexibility index (Phi) is 5.08. The van der Waals surface area contributed by atoms with Crippen molar-refractivity contribution in [2.24, 2.45) is 5.73 Å². The molecule has 8 nitrogen and oxygen atoms in total. The second-order valence-electron chi connectivity index (χ2n) is 6.30. The maximum atomic E-state index is 14.1. The van der Waals surface area contributed by atoms with Crippen molar-refractivity contribution >= 4 is 29.3 Å². The second-order valence-corrected chi connectivity index (χ2v) is 6.30. The van der Waals surface area contributed by atoms with E-state index in [1.54, 1.807) is 6.07 Å². The van der Waals surface area contributed by atoms with Crippen LogP contribution in [-0.2, 0) is 11.2 Å². The molecule has 2 aromatic rings. The van der Waals surface area contributed by atoms with Crippen molar-refractivity contribution in [1.29, 1.82) is 5.41 Å². The van der Waals surface area contributed by atoms with Crippen molar-refractivity contribution in [3.63, 3.8) is 0 Å². The summed E-state index contributed by atoms with van der Waals surface area (Å²) in [6, 6.07) is 8.26. The van der Waals surface area contributed by atoms with Gasteiger partial charge in [-0.25, -0.2) is 4.39 Å². The first-order chi connectivity index (χ1) is 13.3. The van der Waals surface area contributed by atoms with E-state index in [1.807, 2.05) is 0 Å². The van der Waals surface area contributed by atoms with Crippen LogP contribution in [0.15, 0.2) is 36.4 Å². The molecule has 0 saturated carbocycles. The predicted molar refractivity (Wildman–Crippen MR) is 99.1 cm³/mol. The van der Waals surface area contributed by atoms with Gasteiger partial charge in [0.1, 0.15) is 18.2 Å². The number of nitrogen functional groups attached to an aromatic ring is 1. The fraction of sp³-hybridized carbons (Fsp3) is 0.158. The fourth-order valence-electron chi connectivity index (χ4n) is 2.99. The van der Waals surface area contributed by atoms with Crippen LogP contribution in [0.5, 0.6) is 0 Å². The molecule has 28 heavy (non-hydrogen) atoms. The normalized spacial score (nSPS) is 13.0. The molecule has 144 valence electrons. The molecule has 0 spiro atoms. The van der Waals surface area contributed by atoms with Gasteiger partial charge in [-0.1, -0.05) is 6.07 Å². The number of carbonyl (C=O) groups excluding carboxylic acids is 2. The Hall–Kier alpha value is -3.75. The minimum atomic E-state index is -1.08. The maximum Gasteiger partial charge on any atom is 0.323 e. The van der Waals surface area contributed by atoms with Crippen molar-refractivity contribution in [1.82, 2.24) is 4.90 Å². The monoisotopic (exact) mass is 384 g/mol. The first-order valence-corrected chi connectivity index (χ1v) is 8.35. The molecule has 9 heteroatoms. The fourth-order valence-corrected chi connectivity index (χ4v) is 2.99. The average Bonchev–Trinajstić information content (AvgIpc) is 2.63. The summed E-state index contributed by atoms with van der Waals surface area (Å²) in [5.41, 5.74) is 6.71. The lowest BCUT2D eigenvalue weighted by Crippen LogP contribution is -2.40. The Labute approximate surface area is 159 Å². The number of nitrogens with one attached hydrogen (secondary N) is 2. The molecule has 0 unspecified atom stereocenters. The summed E-state index contributed by atoms with van der Waals surface area (Å²) in [7, 11) is 0. The Morgan fingerprint density at radius 1 is 1.25 bits per heavy atom. The highest BCUT2D eigenvalue weighted by Crippen LogP contribution is 2.23. The van der Waals surface area contributed by atoms with Crippen LogP contribution in [0.4, 0.5) is 10.1 Å². The van der Waals surface area contributed by atoms with Crippen LogP contribution in [0.25, 0.3) is 0 Å². The van der Waals surface area contributed by atoms with E-state index in [1.165, 1.54) is 29.2 Å². The minimum absolute atomic E-state index is 0.173. The van der Waals surface area contributed by atoms with Gasteiger partial charge in [0.25, 0.3) is 11.8 Å². The summed E-state index contributed by atoms with van der Waals surface area (Å²) in [6.45, 7) is -0.108. The van der Waals surface area contributed by atoms with Gasteiger partial charge in [-0.15, -0.1) is 0 Å². The van der Waals surface area contributed by atoms with E-state index in [0.29, 0.717) is 23.2 Å². The SMILES string of the molecule is N=C(N)c1ccc(C(=O)Nc2ccc3c(c2)CCN(CC(=O)O)C3=O)c(F)c1. The van der Waals surface area contributed by atoms with E-state index in [0.717, 1.165) is 6.07 Å². The molecule has 2 amide bonds. The molecule has 0 radical (unpaired) electrons. The van der Waals surface area contributed by atoms with Crippen LogP contribution in [-0.4, -0.2) is 46.7 Å². The zero-order valence-electron chi connectivity index (χ0n) is 14.7. The highest BCUT2D eigenvalue weighted by atomic mass is 19.1. The molecule has 2 aromatic carbocycles. The van der Waals surface area contributed by atoms with E-state index >= 15 is 0 Å². The third-order valence-corrected chi connectivity index (χ3v) is 4.38. The van der Waals surface area contributed by atoms with E-state index in [4.69, 9.17) is 16.2 Å². The number of anilines is 1. The lowest BCUT2D eigenvalue weighted by molar-refractivity contribution is -0.137. The molecule has 3 rings (SSSR count). The molecule has 0 aromatic heterocycles. The number of carbonyl (C=O) groups is 3. The zero-order valence-corrected chi connectivity index (χ0v) is 14.7. The van der Waals surface area contributed by atoms with Crippen molar-refractivity contribution in [3.05, 3.63) is 64.5 Å². The van der Waals surface area contributed by atoms with E-state index in [9.17, 15) is 18.8 Å². The number of benzene rings is 2. The standard InChI is InChI=1S/C19H17FN4O4/c20-15-8-11(17(21)22)1-3-14(15)18(27)23-12-2-4-13-10(7-12)5-6-24(19(13)28)9-16(25)26/h1-4,7-8H,5-6,9H2,(H3,21,22)(H,23,27)(H,25,26). The molecule has 1 aliphatic rings. The van der Waals surface area contributed by atoms with Gasteiger partial charge in [0.2, 0.25) is 0 Å². The Balaban J connectivity index is 1.78. The van der Waals surface area contributed by atoms with Crippen molar-refractivity contribution in [2.75, 3.05) is 18.4 Å². The number of hydrogen-bond acceptors (Lipinski definition) is 4. The molecule has 0 atom stereocenters. The largest absolute Gasteiger partial charge is 0.480 e. The quantitative estimate of drug-likeness (QED) is 0.457. The van der Waals surface area contributed by atoms with Crippen LogP contribution >= 0.6 is 0 Å². The van der Waals surface area contributed by atoms with Crippen LogP contribution in [0.3, 0.4) is 0 Å². The Morgan fingerprint density at radius 2 is 2.00 bits per heavy atom. The van der Waals surface area contributed by atoms with Crippen molar-refractivity contribution in [3.8, 4) is 0 Å². The van der Waals surface area contributed by atoms with Gasteiger partial charge in [-0.3, -0.25) is 19.8 Å². The molecule has 0 fully saturated rings. The smallest absolute Gasteiger partial charge is 0.323 e. The number of nitrogens with zero attached hydrogens (tertiary/aromatic N) is 1. The molecule has 5 N–H and O–H groups in total. The summed E-state index contributed by atoms with van der Waals surface area (Å²) in [6.07, 6.45) is 0.444. The van der Waals surface area contributed by atoms with Crippen LogP contribution < -0.4 is 11.1 Å². The lowest BCUT2D eigenvalue weighted by atomic mass is 9.98. The van der Waals surface area contributed by atoms with E-state index in [2.05, 4.69) is 5.32 Å². The lowest BCUT2D eigenvalue weighted by Gasteiger charge is -2.27. The molecule has 0 bridgehead atoms. The third-order valence-electron chi connectivity index (χ3n) is 4.38. The number of aliphatic carboxylic acids is 1. The zero-order chi connectivity index (χ0) is 20.4. The summed E-state index contributed by atoms with van der Waals surface area (Å²) in [4.78, 5) is 36.8. The number of hydrogen-bond donors (Lipinski definition) is 4. The number of fused-ring (bicyclic) bond motifs is 1. The predicted octanol–water partition coefficient (Wildman–Crippen LogP) is 1.44. The van der Waals surface area contributed by atoms with Crippen LogP contribution in [0.1, 0.15) is 31.8 Å². The molecule has 0 saturated heterocycles. The van der Waals surface area contributed by atoms with Crippen molar-refractivity contribution < 1.29 is 23.9 Å². The Bertz CT molecular complexity index is 1010. The number of rotatable bonds is 5. The van der Waals surface area contributed by atoms with Gasteiger partial charge in [0.05, 0.1) is 5.56 Å². The van der Waals surface area contributed by atoms with Gasteiger partial charge < -0.3 is 21.1 Å². The van der Waals surface area contributed by atoms with Crippen molar-refractivity contribution in [2.45, 2.75) is 6.42 Å². The molecule has 0 aliphatic carbocycles. The maximum absolute atomic E-state index is 14.1. The first kappa shape index (κ1) is 19.0. The summed E-state index contributed by atoms with van der Waals surface area (Å²) < 4.78 is 14.1. The number of amidine groups is 1. The molecule has 1 heterocycles. The van der Waals surface area contributed by atoms with Crippen LogP contribution in [0, 0.1) is 11.2 Å². The number of carboxylic acid groups (broad SMARTS) is 1. The first-order valence-electron chi connectivity index (χ1n) is 8.35. The number of carboxylic acids is 1. The number of amides is 2. The second kappa shape index (κ2) is 7.47. The Morgan fingerprint density at radius 3 is 2.64 bits per heavy atom. The topological polar surface area (TPSA) is 137 Å². The highest BCUT2D eigenvalue weighted by molar-refractivity contribution is 6.06. The highest BCUT2D eigenvalue weighted by Gasteiger charge is 2.26. The molecule has 1 aliphatic heterocycles.